The molecule has 1 saturated carbocycles. The fraction of sp³-hybridized carbons (Fsp3) is 0.417. The van der Waals surface area contributed by atoms with E-state index in [1.165, 1.54) is 55.3 Å². The van der Waals surface area contributed by atoms with E-state index >= 15 is 0 Å². The molecule has 0 spiro atoms. The van der Waals surface area contributed by atoms with Gasteiger partial charge in [0.1, 0.15) is 5.82 Å². The van der Waals surface area contributed by atoms with E-state index < -0.39 is 0 Å². The normalized spacial score (nSPS) is 15.5. The lowest BCUT2D eigenvalue weighted by Crippen LogP contribution is -2.53. The molecule has 2 amide bonds. The third kappa shape index (κ3) is 6.31. The summed E-state index contributed by atoms with van der Waals surface area (Å²) in [6.07, 6.45) is 5.79. The summed E-state index contributed by atoms with van der Waals surface area (Å²) in [5, 5.41) is 5.88. The first-order valence-corrected chi connectivity index (χ1v) is 11.6. The Morgan fingerprint density at radius 2 is 1.71 bits per heavy atom. The molecule has 3 rings (SSSR count). The SMILES string of the molecule is CN(C)C1(CNC(=O)c2ccccc2SCC(=O)Nc2ccc(F)cc2)CCCCC1. The van der Waals surface area contributed by atoms with E-state index in [4.69, 9.17) is 0 Å². The summed E-state index contributed by atoms with van der Waals surface area (Å²) in [5.41, 5.74) is 1.12. The van der Waals surface area contributed by atoms with E-state index in [0.717, 1.165) is 17.7 Å². The second-order valence-corrected chi connectivity index (χ2v) is 9.22. The minimum absolute atomic E-state index is 0.00500. The maximum Gasteiger partial charge on any atom is 0.252 e. The molecule has 0 atom stereocenters. The number of carbonyl (C=O) groups excluding carboxylic acids is 2. The molecular weight excluding hydrogens is 413 g/mol. The van der Waals surface area contributed by atoms with Crippen LogP contribution in [0.15, 0.2) is 53.4 Å². The van der Waals surface area contributed by atoms with E-state index in [-0.39, 0.29) is 28.9 Å². The lowest BCUT2D eigenvalue weighted by atomic mass is 9.80. The van der Waals surface area contributed by atoms with Crippen molar-refractivity contribution in [3.63, 3.8) is 0 Å². The van der Waals surface area contributed by atoms with Gasteiger partial charge in [-0.05, 0) is 63.3 Å². The van der Waals surface area contributed by atoms with Gasteiger partial charge in [-0.3, -0.25) is 9.59 Å². The molecule has 0 aliphatic heterocycles. The smallest absolute Gasteiger partial charge is 0.252 e. The van der Waals surface area contributed by atoms with Gasteiger partial charge in [0.15, 0.2) is 0 Å². The number of rotatable bonds is 8. The summed E-state index contributed by atoms with van der Waals surface area (Å²) in [4.78, 5) is 28.2. The van der Waals surface area contributed by atoms with Gasteiger partial charge in [-0.1, -0.05) is 31.4 Å². The van der Waals surface area contributed by atoms with Gasteiger partial charge in [-0.25, -0.2) is 4.39 Å². The molecule has 2 aromatic rings. The molecule has 2 aromatic carbocycles. The molecule has 1 aliphatic rings. The Hall–Kier alpha value is -2.38. The third-order valence-corrected chi connectivity index (χ3v) is 7.00. The topological polar surface area (TPSA) is 61.4 Å². The fourth-order valence-electron chi connectivity index (χ4n) is 3.99. The zero-order valence-electron chi connectivity index (χ0n) is 18.1. The maximum atomic E-state index is 13.0. The second kappa shape index (κ2) is 10.8. The van der Waals surface area contributed by atoms with Gasteiger partial charge >= 0.3 is 0 Å². The van der Waals surface area contributed by atoms with Crippen LogP contribution in [-0.2, 0) is 4.79 Å². The first kappa shape index (κ1) is 23.3. The number of anilines is 1. The zero-order chi connectivity index (χ0) is 22.3. The molecule has 0 heterocycles. The Morgan fingerprint density at radius 1 is 1.03 bits per heavy atom. The number of nitrogens with one attached hydrogen (secondary N) is 2. The molecule has 2 N–H and O–H groups in total. The van der Waals surface area contributed by atoms with Crippen molar-refractivity contribution in [1.29, 1.82) is 0 Å². The number of amides is 2. The minimum Gasteiger partial charge on any atom is -0.350 e. The molecule has 1 aliphatic carbocycles. The Morgan fingerprint density at radius 3 is 2.39 bits per heavy atom. The summed E-state index contributed by atoms with van der Waals surface area (Å²) >= 11 is 1.32. The summed E-state index contributed by atoms with van der Waals surface area (Å²) in [5.74, 6) is -0.519. The number of hydrogen-bond donors (Lipinski definition) is 2. The van der Waals surface area contributed by atoms with Crippen LogP contribution >= 0.6 is 11.8 Å². The molecule has 166 valence electrons. The lowest BCUT2D eigenvalue weighted by Gasteiger charge is -2.43. The van der Waals surface area contributed by atoms with E-state index in [2.05, 4.69) is 29.6 Å². The fourth-order valence-corrected chi connectivity index (χ4v) is 4.84. The highest BCUT2D eigenvalue weighted by atomic mass is 32.2. The van der Waals surface area contributed by atoms with Crippen LogP contribution in [0.1, 0.15) is 42.5 Å². The predicted molar refractivity (Wildman–Crippen MR) is 124 cm³/mol. The van der Waals surface area contributed by atoms with Crippen LogP contribution in [0.5, 0.6) is 0 Å². The van der Waals surface area contributed by atoms with Crippen molar-refractivity contribution in [2.45, 2.75) is 42.5 Å². The molecule has 0 unspecified atom stereocenters. The average molecular weight is 444 g/mol. The number of hydrogen-bond acceptors (Lipinski definition) is 4. The van der Waals surface area contributed by atoms with E-state index in [1.807, 2.05) is 18.2 Å². The molecule has 0 radical (unpaired) electrons. The maximum absolute atomic E-state index is 13.0. The Labute approximate surface area is 187 Å². The molecule has 0 saturated heterocycles. The first-order valence-electron chi connectivity index (χ1n) is 10.6. The van der Waals surface area contributed by atoms with Crippen molar-refractivity contribution in [1.82, 2.24) is 10.2 Å². The van der Waals surface area contributed by atoms with Gasteiger partial charge in [0, 0.05) is 22.7 Å². The molecule has 0 bridgehead atoms. The number of likely N-dealkylation sites (N-methyl/N-ethyl adjacent to an activating group) is 1. The second-order valence-electron chi connectivity index (χ2n) is 8.20. The summed E-state index contributed by atoms with van der Waals surface area (Å²) < 4.78 is 13.0. The van der Waals surface area contributed by atoms with Crippen molar-refractivity contribution in [3.8, 4) is 0 Å². The average Bonchev–Trinajstić information content (AvgIpc) is 2.78. The minimum atomic E-state index is -0.350. The van der Waals surface area contributed by atoms with Gasteiger partial charge in [0.25, 0.3) is 5.91 Å². The van der Waals surface area contributed by atoms with E-state index in [1.54, 1.807) is 6.07 Å². The van der Waals surface area contributed by atoms with E-state index in [0.29, 0.717) is 17.8 Å². The van der Waals surface area contributed by atoms with Gasteiger partial charge in [-0.2, -0.15) is 0 Å². The predicted octanol–water partition coefficient (Wildman–Crippen LogP) is 4.55. The van der Waals surface area contributed by atoms with Crippen molar-refractivity contribution >= 4 is 29.3 Å². The largest absolute Gasteiger partial charge is 0.350 e. The molecule has 0 aromatic heterocycles. The van der Waals surface area contributed by atoms with Crippen LogP contribution in [0.4, 0.5) is 10.1 Å². The number of nitrogens with zero attached hydrogens (tertiary/aromatic N) is 1. The zero-order valence-corrected chi connectivity index (χ0v) is 18.9. The van der Waals surface area contributed by atoms with Crippen molar-refractivity contribution in [3.05, 3.63) is 59.9 Å². The monoisotopic (exact) mass is 443 g/mol. The number of thioether (sulfide) groups is 1. The highest BCUT2D eigenvalue weighted by Gasteiger charge is 2.34. The van der Waals surface area contributed by atoms with Gasteiger partial charge in [-0.15, -0.1) is 11.8 Å². The van der Waals surface area contributed by atoms with E-state index in [9.17, 15) is 14.0 Å². The molecule has 5 nitrogen and oxygen atoms in total. The lowest BCUT2D eigenvalue weighted by molar-refractivity contribution is -0.113. The van der Waals surface area contributed by atoms with Crippen LogP contribution in [0.3, 0.4) is 0 Å². The van der Waals surface area contributed by atoms with Crippen molar-refractivity contribution < 1.29 is 14.0 Å². The molecular formula is C24H30FN3O2S. The van der Waals surface area contributed by atoms with Crippen LogP contribution in [0.25, 0.3) is 0 Å². The number of halogens is 1. The highest BCUT2D eigenvalue weighted by molar-refractivity contribution is 8.00. The standard InChI is InChI=1S/C24H30FN3O2S/c1-28(2)24(14-6-3-7-15-24)17-26-23(30)20-8-4-5-9-21(20)31-16-22(29)27-19-12-10-18(25)11-13-19/h4-5,8-13H,3,6-7,14-17H2,1-2H3,(H,26,30)(H,27,29). The Kier molecular flexibility index (Phi) is 8.09. The number of carbonyl (C=O) groups is 2. The van der Waals surface area contributed by atoms with Gasteiger partial charge in [0.2, 0.25) is 5.91 Å². The van der Waals surface area contributed by atoms with Crippen LogP contribution in [-0.4, -0.2) is 48.6 Å². The summed E-state index contributed by atoms with van der Waals surface area (Å²) in [6, 6.07) is 13.0. The molecule has 1 fully saturated rings. The Balaban J connectivity index is 1.59. The van der Waals surface area contributed by atoms with Gasteiger partial charge < -0.3 is 15.5 Å². The van der Waals surface area contributed by atoms with Crippen LogP contribution in [0.2, 0.25) is 0 Å². The quantitative estimate of drug-likeness (QED) is 0.588. The first-order chi connectivity index (χ1) is 14.9. The highest BCUT2D eigenvalue weighted by Crippen LogP contribution is 2.32. The van der Waals surface area contributed by atoms with Gasteiger partial charge in [0.05, 0.1) is 11.3 Å². The summed E-state index contributed by atoms with van der Waals surface area (Å²) in [6.45, 7) is 0.614. The third-order valence-electron chi connectivity index (χ3n) is 5.93. The van der Waals surface area contributed by atoms with Crippen LogP contribution in [0, 0.1) is 5.82 Å². The molecule has 7 heteroatoms. The van der Waals surface area contributed by atoms with Crippen LogP contribution < -0.4 is 10.6 Å². The number of benzene rings is 2. The summed E-state index contributed by atoms with van der Waals surface area (Å²) in [7, 11) is 4.17. The van der Waals surface area contributed by atoms with Crippen molar-refractivity contribution in [2.75, 3.05) is 31.7 Å². The van der Waals surface area contributed by atoms with Crippen molar-refractivity contribution in [2.24, 2.45) is 0 Å². The Bertz CT molecular complexity index is 896. The molecule has 31 heavy (non-hydrogen) atoms.